The van der Waals surface area contributed by atoms with Gasteiger partial charge in [0, 0.05) is 29.5 Å². The highest BCUT2D eigenvalue weighted by molar-refractivity contribution is 7.98. The number of nitrogens with one attached hydrogen (secondary N) is 1. The van der Waals surface area contributed by atoms with Gasteiger partial charge in [-0.2, -0.15) is 0 Å². The zero-order valence-electron chi connectivity index (χ0n) is 13.6. The van der Waals surface area contributed by atoms with Gasteiger partial charge in [-0.3, -0.25) is 19.7 Å². The molecule has 0 heterocycles. The molecule has 0 atom stereocenters. The molecule has 2 aromatic carbocycles. The SMILES string of the molecule is CSc1cc(C(=O)COc2ccc([N+](=O)[O-])cc2)ccc1NC(C)=O. The standard InChI is InChI=1S/C17H16N2O5S/c1-11(20)18-15-8-3-12(9-17(15)25-2)16(21)10-24-14-6-4-13(5-7-14)19(22)23/h3-9H,10H2,1-2H3,(H,18,20). The molecule has 0 saturated heterocycles. The molecular weight excluding hydrogens is 344 g/mol. The van der Waals surface area contributed by atoms with Crippen LogP contribution >= 0.6 is 11.8 Å². The van der Waals surface area contributed by atoms with Crippen molar-refractivity contribution in [3.63, 3.8) is 0 Å². The highest BCUT2D eigenvalue weighted by Gasteiger charge is 2.12. The molecule has 0 aliphatic carbocycles. The van der Waals surface area contributed by atoms with Crippen LogP contribution in [0, 0.1) is 10.1 Å². The molecule has 2 aromatic rings. The number of non-ortho nitro benzene ring substituents is 1. The van der Waals surface area contributed by atoms with Gasteiger partial charge < -0.3 is 10.1 Å². The summed E-state index contributed by atoms with van der Waals surface area (Å²) in [6, 6.07) is 10.5. The van der Waals surface area contributed by atoms with Crippen molar-refractivity contribution in [3.8, 4) is 5.75 Å². The minimum atomic E-state index is -0.504. The van der Waals surface area contributed by atoms with Crippen molar-refractivity contribution in [1.29, 1.82) is 0 Å². The van der Waals surface area contributed by atoms with Crippen LogP contribution in [0.1, 0.15) is 17.3 Å². The zero-order chi connectivity index (χ0) is 18.4. The van der Waals surface area contributed by atoms with E-state index in [-0.39, 0.29) is 24.0 Å². The predicted molar refractivity (Wildman–Crippen MR) is 95.4 cm³/mol. The Hall–Kier alpha value is -2.87. The quantitative estimate of drug-likeness (QED) is 0.351. The van der Waals surface area contributed by atoms with Crippen LogP contribution < -0.4 is 10.1 Å². The van der Waals surface area contributed by atoms with E-state index in [1.165, 1.54) is 43.0 Å². The number of hydrogen-bond donors (Lipinski definition) is 1. The summed E-state index contributed by atoms with van der Waals surface area (Å²) < 4.78 is 5.38. The van der Waals surface area contributed by atoms with Gasteiger partial charge in [0.1, 0.15) is 5.75 Å². The highest BCUT2D eigenvalue weighted by Crippen LogP contribution is 2.27. The minimum absolute atomic E-state index is 0.0446. The Bertz CT molecular complexity index is 805. The largest absolute Gasteiger partial charge is 0.485 e. The Morgan fingerprint density at radius 3 is 2.44 bits per heavy atom. The molecule has 2 rings (SSSR count). The Kier molecular flexibility index (Phi) is 6.13. The summed E-state index contributed by atoms with van der Waals surface area (Å²) in [5, 5.41) is 13.3. The lowest BCUT2D eigenvalue weighted by atomic mass is 10.1. The van der Waals surface area contributed by atoms with Gasteiger partial charge in [0.15, 0.2) is 12.4 Å². The third kappa shape index (κ3) is 5.05. The zero-order valence-corrected chi connectivity index (χ0v) is 14.5. The fourth-order valence-corrected chi connectivity index (χ4v) is 2.64. The van der Waals surface area contributed by atoms with Crippen LogP contribution in [-0.4, -0.2) is 29.5 Å². The fourth-order valence-electron chi connectivity index (χ4n) is 2.05. The number of rotatable bonds is 7. The maximum absolute atomic E-state index is 12.3. The average Bonchev–Trinajstić information content (AvgIpc) is 2.59. The van der Waals surface area contributed by atoms with Crippen molar-refractivity contribution < 1.29 is 19.2 Å². The number of benzene rings is 2. The summed E-state index contributed by atoms with van der Waals surface area (Å²) in [6.45, 7) is 1.23. The monoisotopic (exact) mass is 360 g/mol. The molecule has 1 N–H and O–H groups in total. The van der Waals surface area contributed by atoms with Gasteiger partial charge in [-0.05, 0) is 36.6 Å². The van der Waals surface area contributed by atoms with Gasteiger partial charge in [-0.1, -0.05) is 0 Å². The Balaban J connectivity index is 2.05. The molecule has 7 nitrogen and oxygen atoms in total. The van der Waals surface area contributed by atoms with Crippen molar-refractivity contribution in [1.82, 2.24) is 0 Å². The number of Topliss-reactive ketones (excluding diaryl/α,β-unsaturated/α-hetero) is 1. The number of carbonyl (C=O) groups is 2. The number of carbonyl (C=O) groups excluding carboxylic acids is 2. The number of hydrogen-bond acceptors (Lipinski definition) is 6. The number of ether oxygens (including phenoxy) is 1. The molecule has 0 spiro atoms. The van der Waals surface area contributed by atoms with Crippen LogP contribution in [0.4, 0.5) is 11.4 Å². The second-order valence-electron chi connectivity index (χ2n) is 5.06. The second kappa shape index (κ2) is 8.29. The van der Waals surface area contributed by atoms with Crippen LogP contribution in [0.2, 0.25) is 0 Å². The van der Waals surface area contributed by atoms with E-state index >= 15 is 0 Å². The Morgan fingerprint density at radius 2 is 1.88 bits per heavy atom. The molecule has 0 aromatic heterocycles. The van der Waals surface area contributed by atoms with Crippen molar-refractivity contribution in [2.45, 2.75) is 11.8 Å². The number of nitro benzene ring substituents is 1. The molecule has 0 radical (unpaired) electrons. The van der Waals surface area contributed by atoms with E-state index in [1.807, 2.05) is 6.26 Å². The summed E-state index contributed by atoms with van der Waals surface area (Å²) in [4.78, 5) is 34.3. The van der Waals surface area contributed by atoms with E-state index in [9.17, 15) is 19.7 Å². The fraction of sp³-hybridized carbons (Fsp3) is 0.176. The highest BCUT2D eigenvalue weighted by atomic mass is 32.2. The third-order valence-electron chi connectivity index (χ3n) is 3.25. The van der Waals surface area contributed by atoms with Crippen molar-refractivity contribution in [3.05, 3.63) is 58.1 Å². The number of amides is 1. The first kappa shape index (κ1) is 18.5. The molecule has 25 heavy (non-hydrogen) atoms. The Morgan fingerprint density at radius 1 is 1.20 bits per heavy atom. The molecule has 130 valence electrons. The lowest BCUT2D eigenvalue weighted by molar-refractivity contribution is -0.384. The van der Waals surface area contributed by atoms with E-state index in [1.54, 1.807) is 18.2 Å². The topological polar surface area (TPSA) is 98.5 Å². The summed E-state index contributed by atoms with van der Waals surface area (Å²) in [7, 11) is 0. The summed E-state index contributed by atoms with van der Waals surface area (Å²) in [5.74, 6) is -0.0437. The van der Waals surface area contributed by atoms with Crippen LogP contribution in [-0.2, 0) is 4.79 Å². The first-order chi connectivity index (χ1) is 11.9. The first-order valence-corrected chi connectivity index (χ1v) is 8.49. The molecule has 1 amide bonds. The van der Waals surface area contributed by atoms with Gasteiger partial charge in [-0.25, -0.2) is 0 Å². The molecule has 0 aliphatic heterocycles. The first-order valence-electron chi connectivity index (χ1n) is 7.27. The van der Waals surface area contributed by atoms with Gasteiger partial charge in [0.05, 0.1) is 10.6 Å². The summed E-state index contributed by atoms with van der Waals surface area (Å²) in [5.41, 5.74) is 1.06. The number of anilines is 1. The van der Waals surface area contributed by atoms with Gasteiger partial charge in [0.2, 0.25) is 5.91 Å². The number of nitro groups is 1. The molecule has 0 saturated carbocycles. The smallest absolute Gasteiger partial charge is 0.269 e. The van der Waals surface area contributed by atoms with Crippen molar-refractivity contribution >= 4 is 34.8 Å². The maximum atomic E-state index is 12.3. The van der Waals surface area contributed by atoms with E-state index < -0.39 is 4.92 Å². The van der Waals surface area contributed by atoms with Crippen LogP contribution in [0.5, 0.6) is 5.75 Å². The van der Waals surface area contributed by atoms with Gasteiger partial charge >= 0.3 is 0 Å². The van der Waals surface area contributed by atoms with E-state index in [0.717, 1.165) is 4.90 Å². The van der Waals surface area contributed by atoms with E-state index in [0.29, 0.717) is 17.0 Å². The summed E-state index contributed by atoms with van der Waals surface area (Å²) >= 11 is 1.42. The molecule has 0 bridgehead atoms. The Labute approximate surface area is 148 Å². The third-order valence-corrected chi connectivity index (χ3v) is 4.03. The molecule has 0 aliphatic rings. The normalized spacial score (nSPS) is 10.2. The van der Waals surface area contributed by atoms with Crippen LogP contribution in [0.15, 0.2) is 47.4 Å². The lowest BCUT2D eigenvalue weighted by Crippen LogP contribution is -2.12. The number of nitrogens with zero attached hydrogens (tertiary/aromatic N) is 1. The van der Waals surface area contributed by atoms with Crippen LogP contribution in [0.25, 0.3) is 0 Å². The van der Waals surface area contributed by atoms with Gasteiger partial charge in [0.25, 0.3) is 5.69 Å². The minimum Gasteiger partial charge on any atom is -0.485 e. The van der Waals surface area contributed by atoms with Gasteiger partial charge in [-0.15, -0.1) is 11.8 Å². The molecule has 0 unspecified atom stereocenters. The average molecular weight is 360 g/mol. The second-order valence-corrected chi connectivity index (χ2v) is 5.91. The maximum Gasteiger partial charge on any atom is 0.269 e. The predicted octanol–water partition coefficient (Wildman–Crippen LogP) is 3.54. The lowest BCUT2D eigenvalue weighted by Gasteiger charge is -2.10. The van der Waals surface area contributed by atoms with E-state index in [4.69, 9.17) is 4.74 Å². The van der Waals surface area contributed by atoms with Crippen LogP contribution in [0.3, 0.4) is 0 Å². The summed E-state index contributed by atoms with van der Waals surface area (Å²) in [6.07, 6.45) is 1.85. The molecule has 0 fully saturated rings. The number of ketones is 1. The van der Waals surface area contributed by atoms with E-state index in [2.05, 4.69) is 5.32 Å². The van der Waals surface area contributed by atoms with Crippen molar-refractivity contribution in [2.24, 2.45) is 0 Å². The number of thioether (sulfide) groups is 1. The molecule has 8 heteroatoms. The van der Waals surface area contributed by atoms with Crippen molar-refractivity contribution in [2.75, 3.05) is 18.2 Å². The molecular formula is C17H16N2O5S.